The Labute approximate surface area is 301 Å². The molecule has 0 saturated heterocycles. The normalized spacial score (nSPS) is 13.7. The highest BCUT2D eigenvalue weighted by atomic mass is 19.4. The summed E-state index contributed by atoms with van der Waals surface area (Å²) in [6, 6.07) is 28.6. The monoisotopic (exact) mass is 715 g/mol. The third-order valence-electron chi connectivity index (χ3n) is 9.62. The molecule has 0 radical (unpaired) electrons. The number of rotatable bonds is 16. The van der Waals surface area contributed by atoms with Gasteiger partial charge in [0, 0.05) is 18.2 Å². The molecular formula is C43H43F6N3. The molecule has 0 saturated carbocycles. The summed E-state index contributed by atoms with van der Waals surface area (Å²) in [5.74, 6) is 0. The minimum atomic E-state index is -4.40. The zero-order valence-corrected chi connectivity index (χ0v) is 29.2. The van der Waals surface area contributed by atoms with Gasteiger partial charge in [-0.05, 0) is 84.7 Å². The van der Waals surface area contributed by atoms with Crippen LogP contribution in [0.5, 0.6) is 0 Å². The van der Waals surface area contributed by atoms with Gasteiger partial charge in [-0.1, -0.05) is 105 Å². The van der Waals surface area contributed by atoms with E-state index in [2.05, 4.69) is 47.5 Å². The highest BCUT2D eigenvalue weighted by Crippen LogP contribution is 2.54. The molecule has 9 heteroatoms. The first kappa shape index (κ1) is 38.3. The molecule has 0 spiro atoms. The maximum Gasteiger partial charge on any atom is 0.416 e. The van der Waals surface area contributed by atoms with Crippen molar-refractivity contribution in [2.45, 2.75) is 62.8 Å². The molecule has 0 bridgehead atoms. The average molecular weight is 716 g/mol. The first-order valence-electron chi connectivity index (χ1n) is 17.4. The van der Waals surface area contributed by atoms with Crippen molar-refractivity contribution in [2.24, 2.45) is 0 Å². The van der Waals surface area contributed by atoms with Crippen molar-refractivity contribution < 1.29 is 26.3 Å². The standard InChI is InChI=1S/C43H43F6N3/c1-4-39(36-19-7-6-16-33(36)31-22-24-32(25-23-31)43(47,48)49)51-28-14-15-30(3)50-27-13-12-26-41(40(5-2)52-29-42(44,45)46)37-20-10-8-17-34(37)35-18-9-11-21-38(35)41/h6-11,16-25,30,50-52H,1-2,12-15,26-29H2,3H3. The molecule has 0 fully saturated rings. The summed E-state index contributed by atoms with van der Waals surface area (Å²) < 4.78 is 79.4. The van der Waals surface area contributed by atoms with Gasteiger partial charge in [-0.15, -0.1) is 11.5 Å². The predicted molar refractivity (Wildman–Crippen MR) is 197 cm³/mol. The van der Waals surface area contributed by atoms with E-state index in [9.17, 15) is 26.3 Å². The highest BCUT2D eigenvalue weighted by molar-refractivity contribution is 5.83. The quantitative estimate of drug-likeness (QED) is 0.0614. The summed E-state index contributed by atoms with van der Waals surface area (Å²) in [7, 11) is 0. The highest BCUT2D eigenvalue weighted by Gasteiger charge is 2.46. The molecular weight excluding hydrogens is 672 g/mol. The van der Waals surface area contributed by atoms with Crippen LogP contribution in [0.3, 0.4) is 0 Å². The van der Waals surface area contributed by atoms with E-state index in [1.54, 1.807) is 0 Å². The van der Waals surface area contributed by atoms with Crippen LogP contribution in [0, 0.1) is 0 Å². The lowest BCUT2D eigenvalue weighted by atomic mass is 9.71. The van der Waals surface area contributed by atoms with Crippen molar-refractivity contribution >= 4 is 5.70 Å². The third kappa shape index (κ3) is 8.74. The number of hydrogen-bond donors (Lipinski definition) is 3. The largest absolute Gasteiger partial charge is 0.416 e. The Kier molecular flexibility index (Phi) is 12.2. The molecule has 1 atom stereocenters. The summed E-state index contributed by atoms with van der Waals surface area (Å²) in [6.07, 6.45) is -4.89. The predicted octanol–water partition coefficient (Wildman–Crippen LogP) is 10.8. The van der Waals surface area contributed by atoms with Crippen molar-refractivity contribution in [2.75, 3.05) is 19.6 Å². The first-order chi connectivity index (χ1) is 24.9. The fraction of sp³-hybridized carbons (Fsp3) is 0.302. The van der Waals surface area contributed by atoms with Gasteiger partial charge in [0.1, 0.15) is 6.54 Å². The van der Waals surface area contributed by atoms with E-state index in [0.29, 0.717) is 29.9 Å². The van der Waals surface area contributed by atoms with Gasteiger partial charge in [0.05, 0.1) is 22.4 Å². The van der Waals surface area contributed by atoms with Crippen molar-refractivity contribution in [3.63, 3.8) is 0 Å². The Morgan fingerprint density at radius 2 is 1.29 bits per heavy atom. The van der Waals surface area contributed by atoms with Crippen LogP contribution in [0.15, 0.2) is 127 Å². The van der Waals surface area contributed by atoms with E-state index in [1.165, 1.54) is 12.1 Å². The van der Waals surface area contributed by atoms with Crippen LogP contribution in [-0.4, -0.2) is 31.9 Å². The van der Waals surface area contributed by atoms with Gasteiger partial charge in [-0.2, -0.15) is 26.3 Å². The van der Waals surface area contributed by atoms with Crippen LogP contribution in [0.2, 0.25) is 0 Å². The summed E-state index contributed by atoms with van der Waals surface area (Å²) in [4.78, 5) is 0. The van der Waals surface area contributed by atoms with Gasteiger partial charge in [-0.25, -0.2) is 0 Å². The zero-order valence-electron chi connectivity index (χ0n) is 29.2. The van der Waals surface area contributed by atoms with Gasteiger partial charge in [0.25, 0.3) is 0 Å². The van der Waals surface area contributed by atoms with Crippen LogP contribution < -0.4 is 16.0 Å². The van der Waals surface area contributed by atoms with Gasteiger partial charge in [0.15, 0.2) is 0 Å². The molecule has 3 N–H and O–H groups in total. The number of fused-ring (bicyclic) bond motifs is 3. The van der Waals surface area contributed by atoms with E-state index in [0.717, 1.165) is 77.7 Å². The van der Waals surface area contributed by atoms with Crippen molar-refractivity contribution in [1.82, 2.24) is 16.0 Å². The molecule has 1 aliphatic carbocycles. The Morgan fingerprint density at radius 3 is 1.87 bits per heavy atom. The van der Waals surface area contributed by atoms with E-state index >= 15 is 0 Å². The van der Waals surface area contributed by atoms with E-state index < -0.39 is 29.9 Å². The maximum absolute atomic E-state index is 13.4. The van der Waals surface area contributed by atoms with Crippen LogP contribution in [0.1, 0.15) is 61.3 Å². The third-order valence-corrected chi connectivity index (χ3v) is 9.62. The number of allylic oxidation sites excluding steroid dienone is 1. The van der Waals surface area contributed by atoms with Gasteiger partial charge in [-0.3, -0.25) is 0 Å². The molecule has 5 rings (SSSR count). The molecule has 52 heavy (non-hydrogen) atoms. The smallest absolute Gasteiger partial charge is 0.378 e. The number of alkyl halides is 6. The molecule has 0 amide bonds. The molecule has 3 nitrogen and oxygen atoms in total. The maximum atomic E-state index is 13.4. The summed E-state index contributed by atoms with van der Waals surface area (Å²) >= 11 is 0. The fourth-order valence-electron chi connectivity index (χ4n) is 7.17. The zero-order chi connectivity index (χ0) is 37.4. The molecule has 4 aromatic carbocycles. The van der Waals surface area contributed by atoms with Crippen molar-refractivity contribution in [3.05, 3.63) is 150 Å². The fourth-order valence-corrected chi connectivity index (χ4v) is 7.17. The number of halogens is 6. The van der Waals surface area contributed by atoms with E-state index in [1.807, 2.05) is 72.8 Å². The molecule has 0 heterocycles. The van der Waals surface area contributed by atoms with Crippen LogP contribution >= 0.6 is 0 Å². The minimum Gasteiger partial charge on any atom is -0.378 e. The van der Waals surface area contributed by atoms with Crippen LogP contribution in [0.25, 0.3) is 28.0 Å². The second-order valence-corrected chi connectivity index (χ2v) is 13.1. The first-order valence-corrected chi connectivity index (χ1v) is 17.4. The summed E-state index contributed by atoms with van der Waals surface area (Å²) in [5.41, 5.74) is 11.5. The van der Waals surface area contributed by atoms with Crippen LogP contribution in [-0.2, 0) is 11.6 Å². The molecule has 272 valence electrons. The molecule has 0 aromatic heterocycles. The van der Waals surface area contributed by atoms with E-state index in [-0.39, 0.29) is 6.04 Å². The lowest BCUT2D eigenvalue weighted by molar-refractivity contribution is -0.137. The number of nitrogens with one attached hydrogen (secondary N) is 3. The Bertz CT molecular complexity index is 1880. The topological polar surface area (TPSA) is 36.1 Å². The number of benzene rings is 4. The van der Waals surface area contributed by atoms with Gasteiger partial charge < -0.3 is 16.0 Å². The second kappa shape index (κ2) is 16.6. The Morgan fingerprint density at radius 1 is 0.692 bits per heavy atom. The van der Waals surface area contributed by atoms with Crippen molar-refractivity contribution in [1.29, 1.82) is 0 Å². The lowest BCUT2D eigenvalue weighted by Gasteiger charge is -2.34. The minimum absolute atomic E-state index is 0.219. The SMILES string of the molecule is C=C=C(NCCCC(C)NCCCCC1(C(=C=C)NCC(F)(F)F)c2ccccc2-c2ccccc21)c1ccccc1-c1ccc(C(F)(F)F)cc1. The second-order valence-electron chi connectivity index (χ2n) is 13.1. The summed E-state index contributed by atoms with van der Waals surface area (Å²) in [5, 5.41) is 9.63. The average Bonchev–Trinajstić information content (AvgIpc) is 3.41. The Hall–Kier alpha value is -4.94. The molecule has 0 aliphatic heterocycles. The molecule has 4 aromatic rings. The molecule has 1 unspecified atom stereocenters. The Balaban J connectivity index is 1.15. The van der Waals surface area contributed by atoms with Gasteiger partial charge in [0.2, 0.25) is 0 Å². The lowest BCUT2D eigenvalue weighted by Crippen LogP contribution is -2.39. The van der Waals surface area contributed by atoms with Gasteiger partial charge >= 0.3 is 12.4 Å². The number of hydrogen-bond acceptors (Lipinski definition) is 3. The van der Waals surface area contributed by atoms with Crippen molar-refractivity contribution in [3.8, 4) is 22.3 Å². The van der Waals surface area contributed by atoms with Crippen LogP contribution in [0.4, 0.5) is 26.3 Å². The summed E-state index contributed by atoms with van der Waals surface area (Å²) in [6.45, 7) is 9.99. The van der Waals surface area contributed by atoms with E-state index in [4.69, 9.17) is 0 Å². The number of unbranched alkanes of at least 4 members (excludes halogenated alkanes) is 1. The molecule has 1 aliphatic rings.